The number of halogens is 1. The molecule has 0 aliphatic heterocycles. The second-order valence-corrected chi connectivity index (χ2v) is 4.92. The molecule has 1 N–H and O–H groups in total. The van der Waals surface area contributed by atoms with Crippen LogP contribution in [0, 0.1) is 0 Å². The van der Waals surface area contributed by atoms with E-state index in [1.54, 1.807) is 13.2 Å². The number of benzene rings is 1. The molecule has 1 aromatic carbocycles. The van der Waals surface area contributed by atoms with Crippen molar-refractivity contribution in [1.29, 1.82) is 0 Å². The molecule has 0 saturated heterocycles. The lowest BCUT2D eigenvalue weighted by Gasteiger charge is -2.11. The second-order valence-electron chi connectivity index (χ2n) is 4.53. The molecule has 1 aromatic heterocycles. The Hall–Kier alpha value is -1.81. The minimum Gasteiger partial charge on any atom is -0.495 e. The molecule has 19 heavy (non-hydrogen) atoms. The van der Waals surface area contributed by atoms with Gasteiger partial charge in [-0.05, 0) is 25.0 Å². The van der Waals surface area contributed by atoms with Gasteiger partial charge in [0.1, 0.15) is 22.5 Å². The molecule has 98 valence electrons. The zero-order valence-electron chi connectivity index (χ0n) is 10.6. The van der Waals surface area contributed by atoms with E-state index in [1.807, 2.05) is 24.3 Å². The van der Waals surface area contributed by atoms with E-state index in [9.17, 15) is 0 Å². The lowest BCUT2D eigenvalue weighted by atomic mass is 10.3. The first-order chi connectivity index (χ1) is 9.26. The van der Waals surface area contributed by atoms with E-state index < -0.39 is 0 Å². The summed E-state index contributed by atoms with van der Waals surface area (Å²) in [5, 5.41) is 3.69. The average molecular weight is 276 g/mol. The fourth-order valence-corrected chi connectivity index (χ4v) is 2.10. The molecule has 0 atom stereocenters. The van der Waals surface area contributed by atoms with Crippen molar-refractivity contribution in [2.45, 2.75) is 18.8 Å². The van der Waals surface area contributed by atoms with Crippen LogP contribution in [0.1, 0.15) is 24.6 Å². The van der Waals surface area contributed by atoms with Gasteiger partial charge in [0.2, 0.25) is 0 Å². The van der Waals surface area contributed by atoms with E-state index in [1.165, 1.54) is 0 Å². The maximum absolute atomic E-state index is 6.04. The van der Waals surface area contributed by atoms with Gasteiger partial charge < -0.3 is 10.1 Å². The number of nitrogens with one attached hydrogen (secondary N) is 1. The fourth-order valence-electron chi connectivity index (χ4n) is 1.91. The Bertz CT molecular complexity index is 599. The van der Waals surface area contributed by atoms with Crippen LogP contribution in [0.25, 0.3) is 0 Å². The van der Waals surface area contributed by atoms with E-state index in [-0.39, 0.29) is 0 Å². The van der Waals surface area contributed by atoms with E-state index in [4.69, 9.17) is 16.3 Å². The molecule has 1 aliphatic carbocycles. The summed E-state index contributed by atoms with van der Waals surface area (Å²) in [4.78, 5) is 8.77. The first-order valence-corrected chi connectivity index (χ1v) is 6.58. The predicted octanol–water partition coefficient (Wildman–Crippen LogP) is 3.76. The van der Waals surface area contributed by atoms with Crippen LogP contribution in [0.4, 0.5) is 11.5 Å². The molecule has 0 spiro atoms. The lowest BCUT2D eigenvalue weighted by molar-refractivity contribution is 0.417. The Morgan fingerprint density at radius 2 is 2.05 bits per heavy atom. The summed E-state index contributed by atoms with van der Waals surface area (Å²) in [7, 11) is 1.64. The van der Waals surface area contributed by atoms with Crippen LogP contribution >= 0.6 is 11.6 Å². The first-order valence-electron chi connectivity index (χ1n) is 6.21. The lowest BCUT2D eigenvalue weighted by Crippen LogP contribution is -2.00. The number of hydrogen-bond acceptors (Lipinski definition) is 4. The number of rotatable bonds is 4. The Kier molecular flexibility index (Phi) is 3.25. The molecule has 1 fully saturated rings. The van der Waals surface area contributed by atoms with E-state index >= 15 is 0 Å². The van der Waals surface area contributed by atoms with Gasteiger partial charge in [-0.15, -0.1) is 0 Å². The highest BCUT2D eigenvalue weighted by Gasteiger charge is 2.27. The van der Waals surface area contributed by atoms with Crippen LogP contribution in [-0.4, -0.2) is 17.1 Å². The maximum atomic E-state index is 6.04. The summed E-state index contributed by atoms with van der Waals surface area (Å²) < 4.78 is 5.30. The van der Waals surface area contributed by atoms with E-state index in [0.29, 0.717) is 16.9 Å². The molecular formula is C14H14ClN3O. The molecule has 3 rings (SSSR count). The normalized spacial score (nSPS) is 14.2. The number of hydrogen-bond donors (Lipinski definition) is 1. The van der Waals surface area contributed by atoms with Gasteiger partial charge in [-0.2, -0.15) is 0 Å². The molecule has 0 unspecified atom stereocenters. The van der Waals surface area contributed by atoms with Crippen molar-refractivity contribution >= 4 is 23.1 Å². The van der Waals surface area contributed by atoms with Crippen LogP contribution < -0.4 is 10.1 Å². The summed E-state index contributed by atoms with van der Waals surface area (Å²) in [5.74, 6) is 2.76. The van der Waals surface area contributed by atoms with E-state index in [0.717, 1.165) is 30.1 Å². The first kappa shape index (κ1) is 12.2. The number of nitrogens with zero attached hydrogens (tertiary/aromatic N) is 2. The minimum atomic E-state index is 0.467. The monoisotopic (exact) mass is 275 g/mol. The summed E-state index contributed by atoms with van der Waals surface area (Å²) in [6, 6.07) is 9.42. The molecule has 1 heterocycles. The zero-order chi connectivity index (χ0) is 13.2. The quantitative estimate of drug-likeness (QED) is 0.863. The summed E-state index contributed by atoms with van der Waals surface area (Å²) >= 11 is 6.04. The third-order valence-electron chi connectivity index (χ3n) is 3.02. The molecule has 0 bridgehead atoms. The van der Waals surface area contributed by atoms with Gasteiger partial charge in [-0.1, -0.05) is 23.7 Å². The molecule has 4 nitrogen and oxygen atoms in total. The molecule has 0 amide bonds. The van der Waals surface area contributed by atoms with Gasteiger partial charge in [0.25, 0.3) is 0 Å². The summed E-state index contributed by atoms with van der Waals surface area (Å²) in [6.45, 7) is 0. The van der Waals surface area contributed by atoms with Gasteiger partial charge in [-0.3, -0.25) is 0 Å². The van der Waals surface area contributed by atoms with Crippen molar-refractivity contribution in [1.82, 2.24) is 9.97 Å². The number of para-hydroxylation sites is 2. The average Bonchev–Trinajstić information content (AvgIpc) is 3.23. The van der Waals surface area contributed by atoms with Crippen molar-refractivity contribution in [2.24, 2.45) is 0 Å². The van der Waals surface area contributed by atoms with Crippen molar-refractivity contribution < 1.29 is 4.74 Å². The Morgan fingerprint density at radius 1 is 1.26 bits per heavy atom. The molecular weight excluding hydrogens is 262 g/mol. The topological polar surface area (TPSA) is 47.0 Å². The Labute approximate surface area is 116 Å². The van der Waals surface area contributed by atoms with Crippen LogP contribution in [0.2, 0.25) is 5.15 Å². The predicted molar refractivity (Wildman–Crippen MR) is 75.3 cm³/mol. The number of anilines is 2. The second kappa shape index (κ2) is 5.05. The number of methoxy groups -OCH3 is 1. The molecule has 0 radical (unpaired) electrons. The Morgan fingerprint density at radius 3 is 2.79 bits per heavy atom. The third kappa shape index (κ3) is 2.79. The number of ether oxygens (including phenoxy) is 1. The van der Waals surface area contributed by atoms with E-state index in [2.05, 4.69) is 15.3 Å². The van der Waals surface area contributed by atoms with Crippen molar-refractivity contribution in [3.8, 4) is 5.75 Å². The molecule has 1 aliphatic rings. The molecule has 1 saturated carbocycles. The van der Waals surface area contributed by atoms with Crippen LogP contribution in [0.5, 0.6) is 5.75 Å². The Balaban J connectivity index is 1.90. The minimum absolute atomic E-state index is 0.467. The highest BCUT2D eigenvalue weighted by molar-refractivity contribution is 6.29. The van der Waals surface area contributed by atoms with Crippen molar-refractivity contribution in [3.63, 3.8) is 0 Å². The maximum Gasteiger partial charge on any atom is 0.142 e. The van der Waals surface area contributed by atoms with Gasteiger partial charge in [0, 0.05) is 12.0 Å². The summed E-state index contributed by atoms with van der Waals surface area (Å²) in [5.41, 5.74) is 0.863. The number of aromatic nitrogens is 2. The van der Waals surface area contributed by atoms with Gasteiger partial charge >= 0.3 is 0 Å². The van der Waals surface area contributed by atoms with Crippen LogP contribution in [0.3, 0.4) is 0 Å². The third-order valence-corrected chi connectivity index (χ3v) is 3.22. The fraction of sp³-hybridized carbons (Fsp3) is 0.286. The van der Waals surface area contributed by atoms with Crippen molar-refractivity contribution in [2.75, 3.05) is 12.4 Å². The SMILES string of the molecule is COc1ccccc1Nc1cc(Cl)nc(C2CC2)n1. The largest absolute Gasteiger partial charge is 0.495 e. The highest BCUT2D eigenvalue weighted by atomic mass is 35.5. The highest BCUT2D eigenvalue weighted by Crippen LogP contribution is 2.39. The zero-order valence-corrected chi connectivity index (χ0v) is 11.3. The van der Waals surface area contributed by atoms with Gasteiger partial charge in [0.15, 0.2) is 0 Å². The summed E-state index contributed by atoms with van der Waals surface area (Å²) in [6.07, 6.45) is 2.29. The van der Waals surface area contributed by atoms with Crippen LogP contribution in [-0.2, 0) is 0 Å². The van der Waals surface area contributed by atoms with Gasteiger partial charge in [0.05, 0.1) is 12.8 Å². The smallest absolute Gasteiger partial charge is 0.142 e. The van der Waals surface area contributed by atoms with Crippen molar-refractivity contribution in [3.05, 3.63) is 41.3 Å². The molecule has 2 aromatic rings. The van der Waals surface area contributed by atoms with Crippen LogP contribution in [0.15, 0.2) is 30.3 Å². The van der Waals surface area contributed by atoms with Gasteiger partial charge in [-0.25, -0.2) is 9.97 Å². The molecule has 5 heteroatoms. The standard InChI is InChI=1S/C14H14ClN3O/c1-19-11-5-3-2-4-10(11)16-13-8-12(15)17-14(18-13)9-6-7-9/h2-5,8-9H,6-7H2,1H3,(H,16,17,18).